The first-order valence-electron chi connectivity index (χ1n) is 5.81. The van der Waals surface area contributed by atoms with Crippen LogP contribution in [-0.4, -0.2) is 34.5 Å². The molecule has 4 nitrogen and oxygen atoms in total. The number of aliphatic carboxylic acids is 1. The maximum absolute atomic E-state index is 12.0. The van der Waals surface area contributed by atoms with Crippen LogP contribution in [0, 0.1) is 0 Å². The fourth-order valence-electron chi connectivity index (χ4n) is 1.34. The maximum Gasteiger partial charge on any atom is 0.329 e. The molecular weight excluding hydrogens is 301 g/mol. The van der Waals surface area contributed by atoms with E-state index in [0.29, 0.717) is 15.6 Å². The summed E-state index contributed by atoms with van der Waals surface area (Å²) in [5.74, 6) is -1.52. The van der Waals surface area contributed by atoms with Crippen molar-refractivity contribution in [3.63, 3.8) is 0 Å². The van der Waals surface area contributed by atoms with Crippen LogP contribution < -0.4 is 0 Å². The Kier molecular flexibility index (Phi) is 5.20. The van der Waals surface area contributed by atoms with Gasteiger partial charge in [-0.1, -0.05) is 35.3 Å². The lowest BCUT2D eigenvalue weighted by atomic mass is 10.0. The van der Waals surface area contributed by atoms with Crippen molar-refractivity contribution in [1.29, 1.82) is 0 Å². The van der Waals surface area contributed by atoms with E-state index in [1.165, 1.54) is 33.0 Å². The molecule has 0 atom stereocenters. The van der Waals surface area contributed by atoms with E-state index in [-0.39, 0.29) is 0 Å². The Morgan fingerprint density at radius 2 is 1.90 bits per heavy atom. The Bertz CT molecular complexity index is 568. The minimum atomic E-state index is -1.29. The fourth-order valence-corrected chi connectivity index (χ4v) is 1.71. The number of nitrogens with zero attached hydrogens (tertiary/aromatic N) is 1. The number of hydrogen-bond donors (Lipinski definition) is 1. The minimum absolute atomic E-state index is 0.346. The summed E-state index contributed by atoms with van der Waals surface area (Å²) in [6, 6.07) is 5.06. The third-order valence-electron chi connectivity index (χ3n) is 3.08. The van der Waals surface area contributed by atoms with Gasteiger partial charge in [0.15, 0.2) is 0 Å². The molecule has 0 heterocycles. The van der Waals surface area contributed by atoms with Crippen molar-refractivity contribution in [2.45, 2.75) is 19.4 Å². The van der Waals surface area contributed by atoms with Crippen molar-refractivity contribution < 1.29 is 14.7 Å². The predicted octanol–water partition coefficient (Wildman–Crippen LogP) is 3.33. The van der Waals surface area contributed by atoms with E-state index >= 15 is 0 Å². The average molecular weight is 316 g/mol. The Hall–Kier alpha value is -1.52. The van der Waals surface area contributed by atoms with Gasteiger partial charge in [0.2, 0.25) is 5.91 Å². The van der Waals surface area contributed by atoms with E-state index in [0.717, 1.165) is 4.90 Å². The van der Waals surface area contributed by atoms with Crippen LogP contribution in [0.3, 0.4) is 0 Å². The largest absolute Gasteiger partial charge is 0.480 e. The van der Waals surface area contributed by atoms with E-state index in [4.69, 9.17) is 28.3 Å². The second-order valence-corrected chi connectivity index (χ2v) is 5.52. The van der Waals surface area contributed by atoms with Crippen molar-refractivity contribution in [2.24, 2.45) is 0 Å². The summed E-state index contributed by atoms with van der Waals surface area (Å²) in [4.78, 5) is 24.2. The number of carbonyl (C=O) groups excluding carboxylic acids is 1. The molecule has 0 saturated carbocycles. The van der Waals surface area contributed by atoms with Gasteiger partial charge in [-0.25, -0.2) is 4.79 Å². The molecule has 0 aliphatic rings. The Morgan fingerprint density at radius 3 is 2.45 bits per heavy atom. The van der Waals surface area contributed by atoms with Crippen molar-refractivity contribution in [2.75, 3.05) is 7.05 Å². The molecule has 1 aromatic rings. The summed E-state index contributed by atoms with van der Waals surface area (Å²) in [6.07, 6.45) is 2.77. The van der Waals surface area contributed by atoms with Crippen LogP contribution in [0.1, 0.15) is 19.4 Å². The molecule has 1 aromatic carbocycles. The van der Waals surface area contributed by atoms with E-state index < -0.39 is 17.4 Å². The number of hydrogen-bond acceptors (Lipinski definition) is 2. The molecule has 0 fully saturated rings. The molecule has 1 N–H and O–H groups in total. The molecule has 0 saturated heterocycles. The number of carboxylic acids is 1. The lowest BCUT2D eigenvalue weighted by Crippen LogP contribution is -2.50. The van der Waals surface area contributed by atoms with E-state index in [9.17, 15) is 9.59 Å². The van der Waals surface area contributed by atoms with Crippen LogP contribution >= 0.6 is 23.2 Å². The zero-order chi connectivity index (χ0) is 15.5. The van der Waals surface area contributed by atoms with Crippen LogP contribution in [0.4, 0.5) is 0 Å². The highest BCUT2D eigenvalue weighted by Gasteiger charge is 2.34. The number of likely N-dealkylation sites (N-methyl/N-ethyl adjacent to an activating group) is 1. The topological polar surface area (TPSA) is 57.6 Å². The second kappa shape index (κ2) is 6.29. The van der Waals surface area contributed by atoms with Gasteiger partial charge < -0.3 is 10.0 Å². The summed E-state index contributed by atoms with van der Waals surface area (Å²) in [7, 11) is 1.43. The zero-order valence-electron chi connectivity index (χ0n) is 11.4. The first-order valence-corrected chi connectivity index (χ1v) is 6.56. The monoisotopic (exact) mass is 315 g/mol. The predicted molar refractivity (Wildman–Crippen MR) is 80.0 cm³/mol. The van der Waals surface area contributed by atoms with Gasteiger partial charge in [-0.3, -0.25) is 4.79 Å². The van der Waals surface area contributed by atoms with Gasteiger partial charge in [-0.15, -0.1) is 0 Å². The molecule has 20 heavy (non-hydrogen) atoms. The van der Waals surface area contributed by atoms with E-state index in [2.05, 4.69) is 0 Å². The van der Waals surface area contributed by atoms with Crippen LogP contribution in [-0.2, 0) is 9.59 Å². The van der Waals surface area contributed by atoms with Crippen LogP contribution in [0.25, 0.3) is 6.08 Å². The molecule has 0 radical (unpaired) electrons. The van der Waals surface area contributed by atoms with Gasteiger partial charge in [0.05, 0.1) is 10.0 Å². The maximum atomic E-state index is 12.0. The normalized spacial score (nSPS) is 11.7. The van der Waals surface area contributed by atoms with E-state index in [1.54, 1.807) is 18.2 Å². The first-order chi connectivity index (χ1) is 9.17. The highest BCUT2D eigenvalue weighted by atomic mass is 35.5. The molecule has 108 valence electrons. The smallest absolute Gasteiger partial charge is 0.329 e. The van der Waals surface area contributed by atoms with Crippen molar-refractivity contribution in [3.8, 4) is 0 Å². The molecule has 0 unspecified atom stereocenters. The molecule has 0 aliphatic heterocycles. The zero-order valence-corrected chi connectivity index (χ0v) is 12.9. The molecular formula is C14H15Cl2NO3. The van der Waals surface area contributed by atoms with Crippen LogP contribution in [0.15, 0.2) is 24.3 Å². The summed E-state index contributed by atoms with van der Waals surface area (Å²) in [5.41, 5.74) is -0.700. The first kappa shape index (κ1) is 16.5. The van der Waals surface area contributed by atoms with Crippen molar-refractivity contribution >= 4 is 41.2 Å². The summed E-state index contributed by atoms with van der Waals surface area (Å²) < 4.78 is 0. The van der Waals surface area contributed by atoms with Gasteiger partial charge in [0, 0.05) is 13.1 Å². The highest BCUT2D eigenvalue weighted by molar-refractivity contribution is 6.42. The number of carbonyl (C=O) groups is 2. The lowest BCUT2D eigenvalue weighted by Gasteiger charge is -2.30. The SMILES string of the molecule is CN(C(=O)C=Cc1cccc(Cl)c1Cl)C(C)(C)C(=O)O. The van der Waals surface area contributed by atoms with Gasteiger partial charge >= 0.3 is 5.97 Å². The molecule has 0 aliphatic carbocycles. The summed E-state index contributed by atoms with van der Waals surface area (Å²) in [6.45, 7) is 2.90. The summed E-state index contributed by atoms with van der Waals surface area (Å²) in [5, 5.41) is 9.80. The van der Waals surface area contributed by atoms with Crippen LogP contribution in [0.2, 0.25) is 10.0 Å². The van der Waals surface area contributed by atoms with Crippen molar-refractivity contribution in [3.05, 3.63) is 39.9 Å². The molecule has 1 rings (SSSR count). The number of amides is 1. The van der Waals surface area contributed by atoms with E-state index in [1.807, 2.05) is 0 Å². The summed E-state index contributed by atoms with van der Waals surface area (Å²) >= 11 is 11.9. The van der Waals surface area contributed by atoms with Gasteiger partial charge in [-0.05, 0) is 31.6 Å². The van der Waals surface area contributed by atoms with Gasteiger partial charge in [0.1, 0.15) is 5.54 Å². The standard InChI is InChI=1S/C14H15Cl2NO3/c1-14(2,13(19)20)17(3)11(18)8-7-9-5-4-6-10(15)12(9)16/h4-8H,1-3H3,(H,19,20). The lowest BCUT2D eigenvalue weighted by molar-refractivity contribution is -0.153. The second-order valence-electron chi connectivity index (χ2n) is 4.74. The van der Waals surface area contributed by atoms with Gasteiger partial charge in [0.25, 0.3) is 0 Å². The molecule has 6 heteroatoms. The minimum Gasteiger partial charge on any atom is -0.480 e. The number of benzene rings is 1. The highest BCUT2D eigenvalue weighted by Crippen LogP contribution is 2.26. The number of halogens is 2. The molecule has 0 spiro atoms. The molecule has 1 amide bonds. The van der Waals surface area contributed by atoms with Gasteiger partial charge in [-0.2, -0.15) is 0 Å². The molecule has 0 aromatic heterocycles. The Morgan fingerprint density at radius 1 is 1.30 bits per heavy atom. The third-order valence-corrected chi connectivity index (χ3v) is 3.91. The third kappa shape index (κ3) is 3.52. The molecule has 0 bridgehead atoms. The fraction of sp³-hybridized carbons (Fsp3) is 0.286. The average Bonchev–Trinajstić information content (AvgIpc) is 2.39. The number of carboxylic acid groups (broad SMARTS) is 1. The quantitative estimate of drug-likeness (QED) is 0.867. The number of rotatable bonds is 4. The Labute approximate surface area is 127 Å². The van der Waals surface area contributed by atoms with Crippen molar-refractivity contribution in [1.82, 2.24) is 4.90 Å². The Balaban J connectivity index is 2.93. The van der Waals surface area contributed by atoms with Crippen LogP contribution in [0.5, 0.6) is 0 Å².